The van der Waals surface area contributed by atoms with E-state index in [1.165, 1.54) is 42.1 Å². The lowest BCUT2D eigenvalue weighted by Gasteiger charge is -2.26. The third kappa shape index (κ3) is 3.22. The molecule has 19 heavy (non-hydrogen) atoms. The van der Waals surface area contributed by atoms with Crippen molar-refractivity contribution in [3.8, 4) is 0 Å². The van der Waals surface area contributed by atoms with E-state index in [0.29, 0.717) is 5.92 Å². The van der Waals surface area contributed by atoms with Crippen LogP contribution in [0.5, 0.6) is 0 Å². The lowest BCUT2D eigenvalue weighted by atomic mass is 9.80. The van der Waals surface area contributed by atoms with Crippen molar-refractivity contribution in [3.63, 3.8) is 0 Å². The monoisotopic (exact) mass is 321 g/mol. The minimum atomic E-state index is 0.665. The predicted molar refractivity (Wildman–Crippen MR) is 83.9 cm³/mol. The van der Waals surface area contributed by atoms with Crippen LogP contribution < -0.4 is 5.73 Å². The third-order valence-corrected chi connectivity index (χ3v) is 5.76. The molecule has 0 saturated heterocycles. The van der Waals surface area contributed by atoms with E-state index in [9.17, 15) is 0 Å². The number of rotatable bonds is 5. The van der Waals surface area contributed by atoms with Crippen LogP contribution in [0.1, 0.15) is 37.7 Å². The number of nitrogens with two attached hydrogens (primary N) is 1. The second-order valence-electron chi connectivity index (χ2n) is 6.61. The predicted octanol–water partition coefficient (Wildman–Crippen LogP) is 4.39. The van der Waals surface area contributed by atoms with Gasteiger partial charge in [-0.15, -0.1) is 0 Å². The lowest BCUT2D eigenvalue weighted by Crippen LogP contribution is -2.23. The maximum atomic E-state index is 6.02. The van der Waals surface area contributed by atoms with E-state index >= 15 is 0 Å². The molecule has 0 aromatic heterocycles. The summed E-state index contributed by atoms with van der Waals surface area (Å²) in [6.45, 7) is 0.834. The molecule has 2 aliphatic rings. The Balaban J connectivity index is 1.59. The molecule has 0 aliphatic heterocycles. The van der Waals surface area contributed by atoms with Crippen LogP contribution in [0.4, 0.5) is 0 Å². The Morgan fingerprint density at radius 1 is 1.26 bits per heavy atom. The summed E-state index contributed by atoms with van der Waals surface area (Å²) < 4.78 is 1.18. The van der Waals surface area contributed by atoms with Gasteiger partial charge in [-0.2, -0.15) is 0 Å². The van der Waals surface area contributed by atoms with Crippen molar-refractivity contribution in [2.45, 2.75) is 38.5 Å². The van der Waals surface area contributed by atoms with E-state index in [1.54, 1.807) is 0 Å². The van der Waals surface area contributed by atoms with Crippen molar-refractivity contribution < 1.29 is 0 Å². The molecule has 2 fully saturated rings. The molecule has 2 heteroatoms. The highest BCUT2D eigenvalue weighted by Gasteiger charge is 2.39. The first kappa shape index (κ1) is 13.6. The van der Waals surface area contributed by atoms with E-state index < -0.39 is 0 Å². The van der Waals surface area contributed by atoms with Crippen LogP contribution in [0, 0.1) is 23.7 Å². The Morgan fingerprint density at radius 3 is 2.79 bits per heavy atom. The summed E-state index contributed by atoms with van der Waals surface area (Å²) in [5.74, 6) is 3.72. The van der Waals surface area contributed by atoms with Crippen molar-refractivity contribution >= 4 is 15.9 Å². The summed E-state index contributed by atoms with van der Waals surface area (Å²) in [7, 11) is 0. The van der Waals surface area contributed by atoms with Gasteiger partial charge in [0.05, 0.1) is 0 Å². The number of benzene rings is 1. The quantitative estimate of drug-likeness (QED) is 0.855. The third-order valence-electron chi connectivity index (χ3n) is 5.27. The first-order valence-electron chi connectivity index (χ1n) is 7.69. The van der Waals surface area contributed by atoms with Gasteiger partial charge < -0.3 is 5.73 Å². The summed E-state index contributed by atoms with van der Waals surface area (Å²) in [4.78, 5) is 0. The summed E-state index contributed by atoms with van der Waals surface area (Å²) >= 11 is 3.56. The molecular formula is C17H24BrN. The zero-order chi connectivity index (χ0) is 13.2. The Kier molecular flexibility index (Phi) is 4.28. The van der Waals surface area contributed by atoms with Crippen molar-refractivity contribution in [1.82, 2.24) is 0 Å². The average Bonchev–Trinajstić information content (AvgIpc) is 3.00. The summed E-state index contributed by atoms with van der Waals surface area (Å²) in [6, 6.07) is 8.69. The van der Waals surface area contributed by atoms with Crippen LogP contribution in [0.25, 0.3) is 0 Å². The van der Waals surface area contributed by atoms with Crippen LogP contribution in [-0.2, 0) is 6.42 Å². The second-order valence-corrected chi connectivity index (χ2v) is 7.52. The summed E-state index contributed by atoms with van der Waals surface area (Å²) in [6.07, 6.45) is 8.48. The zero-order valence-corrected chi connectivity index (χ0v) is 13.1. The van der Waals surface area contributed by atoms with Crippen LogP contribution in [0.15, 0.2) is 28.7 Å². The molecule has 1 aromatic carbocycles. The molecular weight excluding hydrogens is 298 g/mol. The minimum Gasteiger partial charge on any atom is -0.330 e. The second kappa shape index (κ2) is 5.97. The first-order valence-corrected chi connectivity index (χ1v) is 8.48. The SMILES string of the molecule is NCC(Cc1cccc(Br)c1)CC1CC2CCC1C2. The molecule has 104 valence electrons. The first-order chi connectivity index (χ1) is 9.24. The summed E-state index contributed by atoms with van der Waals surface area (Å²) in [5, 5.41) is 0. The van der Waals surface area contributed by atoms with Gasteiger partial charge in [-0.3, -0.25) is 0 Å². The fourth-order valence-corrected chi connectivity index (χ4v) is 4.80. The molecule has 2 bridgehead atoms. The van der Waals surface area contributed by atoms with Gasteiger partial charge in [0, 0.05) is 4.47 Å². The Bertz CT molecular complexity index is 431. The maximum Gasteiger partial charge on any atom is 0.0177 e. The lowest BCUT2D eigenvalue weighted by molar-refractivity contribution is 0.268. The topological polar surface area (TPSA) is 26.0 Å². The molecule has 1 nitrogen and oxygen atoms in total. The van der Waals surface area contributed by atoms with E-state index in [1.807, 2.05) is 0 Å². The number of hydrogen-bond acceptors (Lipinski definition) is 1. The fraction of sp³-hybridized carbons (Fsp3) is 0.647. The average molecular weight is 322 g/mol. The Morgan fingerprint density at radius 2 is 2.16 bits per heavy atom. The molecule has 4 atom stereocenters. The Hall–Kier alpha value is -0.340. The van der Waals surface area contributed by atoms with Crippen molar-refractivity contribution in [1.29, 1.82) is 0 Å². The van der Waals surface area contributed by atoms with E-state index in [0.717, 1.165) is 30.7 Å². The van der Waals surface area contributed by atoms with Crippen molar-refractivity contribution in [3.05, 3.63) is 34.3 Å². The highest BCUT2D eigenvalue weighted by molar-refractivity contribution is 9.10. The van der Waals surface area contributed by atoms with Crippen molar-refractivity contribution in [2.24, 2.45) is 29.4 Å². The van der Waals surface area contributed by atoms with Crippen molar-refractivity contribution in [2.75, 3.05) is 6.54 Å². The molecule has 2 N–H and O–H groups in total. The molecule has 2 saturated carbocycles. The number of fused-ring (bicyclic) bond motifs is 2. The van der Waals surface area contributed by atoms with Gasteiger partial charge in [0.15, 0.2) is 0 Å². The van der Waals surface area contributed by atoms with Gasteiger partial charge >= 0.3 is 0 Å². The molecule has 0 radical (unpaired) electrons. The summed E-state index contributed by atoms with van der Waals surface area (Å²) in [5.41, 5.74) is 7.45. The molecule has 2 aliphatic carbocycles. The van der Waals surface area contributed by atoms with Crippen LogP contribution in [0.3, 0.4) is 0 Å². The maximum absolute atomic E-state index is 6.02. The smallest absolute Gasteiger partial charge is 0.0177 e. The minimum absolute atomic E-state index is 0.665. The van der Waals surface area contributed by atoms with Gasteiger partial charge in [0.1, 0.15) is 0 Å². The van der Waals surface area contributed by atoms with Crippen LogP contribution >= 0.6 is 15.9 Å². The van der Waals surface area contributed by atoms with E-state index in [-0.39, 0.29) is 0 Å². The highest BCUT2D eigenvalue weighted by atomic mass is 79.9. The number of hydrogen-bond donors (Lipinski definition) is 1. The highest BCUT2D eigenvalue weighted by Crippen LogP contribution is 2.50. The molecule has 1 aromatic rings. The molecule has 0 heterocycles. The van der Waals surface area contributed by atoms with Crippen LogP contribution in [-0.4, -0.2) is 6.54 Å². The molecule has 0 spiro atoms. The van der Waals surface area contributed by atoms with Gasteiger partial charge in [-0.1, -0.05) is 34.5 Å². The van der Waals surface area contributed by atoms with Gasteiger partial charge in [-0.25, -0.2) is 0 Å². The van der Waals surface area contributed by atoms with Gasteiger partial charge in [0.2, 0.25) is 0 Å². The van der Waals surface area contributed by atoms with E-state index in [2.05, 4.69) is 40.2 Å². The van der Waals surface area contributed by atoms with Crippen LogP contribution in [0.2, 0.25) is 0 Å². The Labute approximate surface area is 125 Å². The van der Waals surface area contributed by atoms with Gasteiger partial charge in [0.25, 0.3) is 0 Å². The fourth-order valence-electron chi connectivity index (χ4n) is 4.35. The molecule has 0 amide bonds. The largest absolute Gasteiger partial charge is 0.330 e. The standard InChI is InChI=1S/C17H24BrN/c18-17-3-1-2-12(10-17)6-14(11-19)9-16-8-13-4-5-15(16)7-13/h1-3,10,13-16H,4-9,11,19H2. The normalized spacial score (nSPS) is 30.7. The van der Waals surface area contributed by atoms with E-state index in [4.69, 9.17) is 5.73 Å². The van der Waals surface area contributed by atoms with Gasteiger partial charge in [-0.05, 0) is 80.0 Å². The molecule has 3 rings (SSSR count). The zero-order valence-electron chi connectivity index (χ0n) is 11.5. The number of halogens is 1. The molecule has 4 unspecified atom stereocenters.